The third-order valence-electron chi connectivity index (χ3n) is 4.80. The van der Waals surface area contributed by atoms with Crippen molar-refractivity contribution in [1.29, 1.82) is 0 Å². The zero-order valence-electron chi connectivity index (χ0n) is 13.1. The topological polar surface area (TPSA) is 34.6 Å². The molecule has 5 heteroatoms. The Bertz CT molecular complexity index is 688. The Kier molecular flexibility index (Phi) is 4.25. The lowest BCUT2D eigenvalue weighted by Crippen LogP contribution is -2.46. The van der Waals surface area contributed by atoms with E-state index in [0.29, 0.717) is 18.6 Å². The zero-order valence-corrected chi connectivity index (χ0v) is 13.1. The molecule has 0 radical (unpaired) electrons. The minimum Gasteiger partial charge on any atom is -0.349 e. The molecule has 0 aliphatic carbocycles. The van der Waals surface area contributed by atoms with Gasteiger partial charge in [0.15, 0.2) is 6.29 Å². The molecule has 0 N–H and O–H groups in total. The number of ether oxygens (including phenoxy) is 2. The molecule has 23 heavy (non-hydrogen) atoms. The van der Waals surface area contributed by atoms with Crippen molar-refractivity contribution in [2.45, 2.75) is 38.1 Å². The Balaban J connectivity index is 1.62. The van der Waals surface area contributed by atoms with Crippen LogP contribution in [0.1, 0.15) is 24.8 Å². The van der Waals surface area contributed by atoms with Crippen LogP contribution in [0.2, 0.25) is 0 Å². The molecule has 0 bridgehead atoms. The second-order valence-electron chi connectivity index (χ2n) is 6.25. The number of benzene rings is 1. The van der Waals surface area contributed by atoms with E-state index in [1.54, 1.807) is 24.4 Å². The smallest absolute Gasteiger partial charge is 0.173 e. The molecule has 2 fully saturated rings. The van der Waals surface area contributed by atoms with Gasteiger partial charge in [0, 0.05) is 18.1 Å². The quantitative estimate of drug-likeness (QED) is 0.871. The predicted octanol–water partition coefficient (Wildman–Crippen LogP) is 3.10. The number of nitrogens with zero attached hydrogens (tertiary/aromatic N) is 2. The highest BCUT2D eigenvalue weighted by atomic mass is 19.1. The van der Waals surface area contributed by atoms with Gasteiger partial charge in [0.05, 0.1) is 24.8 Å². The molecule has 2 aliphatic heterocycles. The van der Waals surface area contributed by atoms with Crippen LogP contribution in [0, 0.1) is 5.82 Å². The van der Waals surface area contributed by atoms with Crippen molar-refractivity contribution >= 4 is 10.9 Å². The molecule has 122 valence electrons. The van der Waals surface area contributed by atoms with E-state index in [4.69, 9.17) is 9.47 Å². The minimum absolute atomic E-state index is 0.130. The van der Waals surface area contributed by atoms with Gasteiger partial charge in [-0.2, -0.15) is 0 Å². The van der Waals surface area contributed by atoms with Crippen molar-refractivity contribution in [2.75, 3.05) is 19.8 Å². The summed E-state index contributed by atoms with van der Waals surface area (Å²) in [7, 11) is 0. The summed E-state index contributed by atoms with van der Waals surface area (Å²) in [6.07, 6.45) is 5.05. The summed E-state index contributed by atoms with van der Waals surface area (Å²) in [4.78, 5) is 6.80. The molecule has 4 nitrogen and oxygen atoms in total. The molecule has 1 aromatic carbocycles. The van der Waals surface area contributed by atoms with E-state index in [2.05, 4.69) is 9.88 Å². The monoisotopic (exact) mass is 316 g/mol. The van der Waals surface area contributed by atoms with Crippen molar-refractivity contribution in [2.24, 2.45) is 0 Å². The first-order valence-electron chi connectivity index (χ1n) is 8.32. The number of pyridine rings is 1. The molecule has 1 atom stereocenters. The number of piperidine rings is 1. The Hall–Kier alpha value is -1.56. The SMILES string of the molecule is Fc1ccc(CN2CCCC[C@H]2C2OCCO2)c2ncccc12. The van der Waals surface area contributed by atoms with Gasteiger partial charge in [0.25, 0.3) is 0 Å². The van der Waals surface area contributed by atoms with Crippen LogP contribution in [-0.4, -0.2) is 42.0 Å². The minimum atomic E-state index is -0.213. The van der Waals surface area contributed by atoms with E-state index < -0.39 is 0 Å². The molecule has 1 aromatic heterocycles. The molecule has 3 heterocycles. The largest absolute Gasteiger partial charge is 0.349 e. The molecule has 2 aromatic rings. The molecule has 0 amide bonds. The molecule has 4 rings (SSSR count). The molecular formula is C18H21FN2O2. The third-order valence-corrected chi connectivity index (χ3v) is 4.80. The summed E-state index contributed by atoms with van der Waals surface area (Å²) in [5.41, 5.74) is 1.82. The van der Waals surface area contributed by atoms with Gasteiger partial charge in [-0.05, 0) is 43.1 Å². The Labute approximate surface area is 135 Å². The van der Waals surface area contributed by atoms with E-state index in [0.717, 1.165) is 30.6 Å². The van der Waals surface area contributed by atoms with E-state index in [-0.39, 0.29) is 18.1 Å². The number of halogens is 1. The van der Waals surface area contributed by atoms with Gasteiger partial charge in [-0.15, -0.1) is 0 Å². The van der Waals surface area contributed by atoms with E-state index in [1.165, 1.54) is 12.8 Å². The second-order valence-corrected chi connectivity index (χ2v) is 6.25. The lowest BCUT2D eigenvalue weighted by molar-refractivity contribution is -0.111. The van der Waals surface area contributed by atoms with Gasteiger partial charge in [-0.25, -0.2) is 4.39 Å². The zero-order chi connectivity index (χ0) is 15.6. The number of likely N-dealkylation sites (tertiary alicyclic amines) is 1. The highest BCUT2D eigenvalue weighted by molar-refractivity contribution is 5.82. The van der Waals surface area contributed by atoms with E-state index in [1.807, 2.05) is 6.07 Å². The number of hydrogen-bond acceptors (Lipinski definition) is 4. The maximum atomic E-state index is 14.0. The lowest BCUT2D eigenvalue weighted by Gasteiger charge is -2.38. The molecule has 0 spiro atoms. The summed E-state index contributed by atoms with van der Waals surface area (Å²) in [6.45, 7) is 3.12. The summed E-state index contributed by atoms with van der Waals surface area (Å²) in [5, 5.41) is 0.590. The number of aromatic nitrogens is 1. The number of rotatable bonds is 3. The Morgan fingerprint density at radius 3 is 2.91 bits per heavy atom. The van der Waals surface area contributed by atoms with Gasteiger partial charge in [-0.1, -0.05) is 12.5 Å². The molecule has 0 saturated carbocycles. The maximum Gasteiger partial charge on any atom is 0.173 e. The Morgan fingerprint density at radius 1 is 1.17 bits per heavy atom. The first kappa shape index (κ1) is 15.0. The summed E-state index contributed by atoms with van der Waals surface area (Å²) < 4.78 is 25.4. The maximum absolute atomic E-state index is 14.0. The van der Waals surface area contributed by atoms with Crippen molar-refractivity contribution in [3.05, 3.63) is 41.8 Å². The van der Waals surface area contributed by atoms with Gasteiger partial charge < -0.3 is 9.47 Å². The molecule has 2 aliphatic rings. The summed E-state index contributed by atoms with van der Waals surface area (Å²) >= 11 is 0. The van der Waals surface area contributed by atoms with Crippen molar-refractivity contribution < 1.29 is 13.9 Å². The average molecular weight is 316 g/mol. The van der Waals surface area contributed by atoms with Crippen LogP contribution in [0.3, 0.4) is 0 Å². The fourth-order valence-electron chi connectivity index (χ4n) is 3.66. The third kappa shape index (κ3) is 2.96. The summed E-state index contributed by atoms with van der Waals surface area (Å²) in [6, 6.07) is 7.24. The van der Waals surface area contributed by atoms with E-state index in [9.17, 15) is 4.39 Å². The van der Waals surface area contributed by atoms with Crippen LogP contribution in [0.4, 0.5) is 4.39 Å². The van der Waals surface area contributed by atoms with Gasteiger partial charge >= 0.3 is 0 Å². The first-order valence-corrected chi connectivity index (χ1v) is 8.32. The van der Waals surface area contributed by atoms with E-state index >= 15 is 0 Å². The highest BCUT2D eigenvalue weighted by Gasteiger charge is 2.33. The number of hydrogen-bond donors (Lipinski definition) is 0. The average Bonchev–Trinajstić information content (AvgIpc) is 3.13. The second kappa shape index (κ2) is 6.51. The van der Waals surface area contributed by atoms with Crippen LogP contribution in [0.5, 0.6) is 0 Å². The van der Waals surface area contributed by atoms with Crippen LogP contribution >= 0.6 is 0 Å². The van der Waals surface area contributed by atoms with Crippen molar-refractivity contribution in [1.82, 2.24) is 9.88 Å². The normalized spacial score (nSPS) is 23.6. The molecule has 2 saturated heterocycles. The summed E-state index contributed by atoms with van der Waals surface area (Å²) in [5.74, 6) is -0.213. The van der Waals surface area contributed by atoms with Crippen LogP contribution in [0.15, 0.2) is 30.5 Å². The molecule has 0 unspecified atom stereocenters. The first-order chi connectivity index (χ1) is 11.3. The fraction of sp³-hybridized carbons (Fsp3) is 0.500. The fourth-order valence-corrected chi connectivity index (χ4v) is 3.66. The van der Waals surface area contributed by atoms with Gasteiger partial charge in [0.2, 0.25) is 0 Å². The lowest BCUT2D eigenvalue weighted by atomic mass is 10.00. The highest BCUT2D eigenvalue weighted by Crippen LogP contribution is 2.28. The van der Waals surface area contributed by atoms with Gasteiger partial charge in [-0.3, -0.25) is 9.88 Å². The van der Waals surface area contributed by atoms with Crippen LogP contribution in [0.25, 0.3) is 10.9 Å². The Morgan fingerprint density at radius 2 is 2.04 bits per heavy atom. The number of fused-ring (bicyclic) bond motifs is 1. The van der Waals surface area contributed by atoms with Crippen molar-refractivity contribution in [3.8, 4) is 0 Å². The van der Waals surface area contributed by atoms with Crippen LogP contribution in [-0.2, 0) is 16.0 Å². The van der Waals surface area contributed by atoms with Crippen LogP contribution < -0.4 is 0 Å². The van der Waals surface area contributed by atoms with Gasteiger partial charge in [0.1, 0.15) is 5.82 Å². The molecular weight excluding hydrogens is 295 g/mol. The standard InChI is InChI=1S/C18H21FN2O2/c19-15-7-6-13(17-14(15)4-3-8-20-17)12-21-9-2-1-5-16(21)18-22-10-11-23-18/h3-4,6-8,16,18H,1-2,5,9-12H2/t16-/m0/s1. The van der Waals surface area contributed by atoms with Crippen molar-refractivity contribution in [3.63, 3.8) is 0 Å². The predicted molar refractivity (Wildman–Crippen MR) is 85.4 cm³/mol.